The Morgan fingerprint density at radius 1 is 1.60 bits per heavy atom. The minimum absolute atomic E-state index is 0.103. The van der Waals surface area contributed by atoms with Crippen LogP contribution in [0.4, 0.5) is 5.69 Å². The van der Waals surface area contributed by atoms with Crippen molar-refractivity contribution in [3.8, 4) is 0 Å². The topological polar surface area (TPSA) is 77.3 Å². The molecule has 1 fully saturated rings. The second kappa shape index (κ2) is 5.46. The first-order chi connectivity index (χ1) is 9.35. The Morgan fingerprint density at radius 2 is 2.30 bits per heavy atom. The summed E-state index contributed by atoms with van der Waals surface area (Å²) in [7, 11) is 0. The number of rotatable bonds is 4. The van der Waals surface area contributed by atoms with Crippen molar-refractivity contribution in [1.29, 1.82) is 0 Å². The largest absolute Gasteiger partial charge is 0.377 e. The van der Waals surface area contributed by atoms with Crippen LogP contribution < -0.4 is 5.32 Å². The quantitative estimate of drug-likeness (QED) is 0.675. The molecule has 0 aromatic carbocycles. The second-order valence-electron chi connectivity index (χ2n) is 5.65. The van der Waals surface area contributed by atoms with E-state index in [9.17, 15) is 10.1 Å². The van der Waals surface area contributed by atoms with Crippen molar-refractivity contribution in [2.45, 2.75) is 52.3 Å². The summed E-state index contributed by atoms with van der Waals surface area (Å²) in [5.41, 5.74) is 2.02. The van der Waals surface area contributed by atoms with Gasteiger partial charge in [0.25, 0.3) is 5.69 Å². The molecule has 2 heterocycles. The van der Waals surface area contributed by atoms with E-state index >= 15 is 0 Å². The van der Waals surface area contributed by atoms with Crippen LogP contribution in [0.25, 0.3) is 0 Å². The molecule has 1 N–H and O–H groups in total. The number of nitrogens with zero attached hydrogens (tertiary/aromatic N) is 2. The SMILES string of the molecule is Cc1cnc(CNC2(C)CCOC2C)c(C)c1[N+](=O)[O-]. The Balaban J connectivity index is 2.18. The third kappa shape index (κ3) is 2.66. The highest BCUT2D eigenvalue weighted by atomic mass is 16.6. The molecular formula is C14H21N3O3. The molecule has 0 radical (unpaired) electrons. The van der Waals surface area contributed by atoms with Gasteiger partial charge in [-0.3, -0.25) is 15.1 Å². The highest BCUT2D eigenvalue weighted by Crippen LogP contribution is 2.27. The molecule has 110 valence electrons. The first kappa shape index (κ1) is 14.9. The van der Waals surface area contributed by atoms with Crippen molar-refractivity contribution in [1.82, 2.24) is 10.3 Å². The van der Waals surface area contributed by atoms with Crippen LogP contribution in [0.5, 0.6) is 0 Å². The number of pyridine rings is 1. The van der Waals surface area contributed by atoms with Gasteiger partial charge in [0.05, 0.1) is 16.7 Å². The Labute approximate surface area is 118 Å². The van der Waals surface area contributed by atoms with Crippen molar-refractivity contribution >= 4 is 5.69 Å². The smallest absolute Gasteiger partial charge is 0.278 e. The van der Waals surface area contributed by atoms with Gasteiger partial charge in [-0.2, -0.15) is 0 Å². The first-order valence-corrected chi connectivity index (χ1v) is 6.81. The summed E-state index contributed by atoms with van der Waals surface area (Å²) in [6.07, 6.45) is 2.63. The predicted molar refractivity (Wildman–Crippen MR) is 75.6 cm³/mol. The van der Waals surface area contributed by atoms with Crippen LogP contribution in [0.3, 0.4) is 0 Å². The number of nitrogens with one attached hydrogen (secondary N) is 1. The number of aromatic nitrogens is 1. The summed E-state index contributed by atoms with van der Waals surface area (Å²) in [5, 5.41) is 14.5. The molecule has 1 aromatic heterocycles. The van der Waals surface area contributed by atoms with E-state index in [4.69, 9.17) is 4.74 Å². The van der Waals surface area contributed by atoms with Gasteiger partial charge in [0.15, 0.2) is 0 Å². The molecule has 0 spiro atoms. The molecule has 20 heavy (non-hydrogen) atoms. The number of aryl methyl sites for hydroxylation is 1. The fraction of sp³-hybridized carbons (Fsp3) is 0.643. The summed E-state index contributed by atoms with van der Waals surface area (Å²) < 4.78 is 5.58. The minimum atomic E-state index is -0.334. The maximum atomic E-state index is 11.1. The number of ether oxygens (including phenoxy) is 1. The Morgan fingerprint density at radius 3 is 2.85 bits per heavy atom. The molecule has 0 amide bonds. The second-order valence-corrected chi connectivity index (χ2v) is 5.65. The van der Waals surface area contributed by atoms with Gasteiger partial charge in [-0.15, -0.1) is 0 Å². The third-order valence-electron chi connectivity index (χ3n) is 4.30. The van der Waals surface area contributed by atoms with E-state index < -0.39 is 0 Å². The molecule has 2 rings (SSSR count). The van der Waals surface area contributed by atoms with E-state index in [2.05, 4.69) is 17.2 Å². The number of hydrogen-bond donors (Lipinski definition) is 1. The molecule has 0 aliphatic carbocycles. The van der Waals surface area contributed by atoms with Crippen molar-refractivity contribution in [2.75, 3.05) is 6.61 Å². The lowest BCUT2D eigenvalue weighted by Gasteiger charge is -2.29. The minimum Gasteiger partial charge on any atom is -0.377 e. The summed E-state index contributed by atoms with van der Waals surface area (Å²) in [6.45, 7) is 8.87. The molecule has 0 bridgehead atoms. The average Bonchev–Trinajstić information content (AvgIpc) is 2.69. The molecular weight excluding hydrogens is 258 g/mol. The maximum absolute atomic E-state index is 11.1. The van der Waals surface area contributed by atoms with Gasteiger partial charge in [-0.05, 0) is 34.1 Å². The zero-order valence-electron chi connectivity index (χ0n) is 12.4. The highest BCUT2D eigenvalue weighted by Gasteiger charge is 2.36. The van der Waals surface area contributed by atoms with Crippen LogP contribution in [0.2, 0.25) is 0 Å². The van der Waals surface area contributed by atoms with E-state index in [1.54, 1.807) is 20.0 Å². The summed E-state index contributed by atoms with van der Waals surface area (Å²) in [6, 6.07) is 0. The van der Waals surface area contributed by atoms with Crippen molar-refractivity contribution in [3.63, 3.8) is 0 Å². The fourth-order valence-electron chi connectivity index (χ4n) is 2.58. The lowest BCUT2D eigenvalue weighted by molar-refractivity contribution is -0.386. The third-order valence-corrected chi connectivity index (χ3v) is 4.30. The summed E-state index contributed by atoms with van der Waals surface area (Å²) >= 11 is 0. The molecule has 2 unspecified atom stereocenters. The lowest BCUT2D eigenvalue weighted by atomic mass is 9.94. The summed E-state index contributed by atoms with van der Waals surface area (Å²) in [4.78, 5) is 15.1. The van der Waals surface area contributed by atoms with Crippen LogP contribution >= 0.6 is 0 Å². The highest BCUT2D eigenvalue weighted by molar-refractivity contribution is 5.47. The average molecular weight is 279 g/mol. The van der Waals surface area contributed by atoms with Crippen LogP contribution in [0.15, 0.2) is 6.20 Å². The van der Waals surface area contributed by atoms with Crippen molar-refractivity contribution < 1.29 is 9.66 Å². The van der Waals surface area contributed by atoms with Gasteiger partial charge in [-0.25, -0.2) is 0 Å². The molecule has 1 aliphatic rings. The van der Waals surface area contributed by atoms with E-state index in [1.165, 1.54) is 0 Å². The van der Waals surface area contributed by atoms with E-state index in [0.717, 1.165) is 18.7 Å². The van der Waals surface area contributed by atoms with E-state index in [-0.39, 0.29) is 22.3 Å². The zero-order chi connectivity index (χ0) is 14.9. The molecule has 1 aliphatic heterocycles. The molecule has 6 heteroatoms. The molecule has 0 saturated carbocycles. The van der Waals surface area contributed by atoms with Gasteiger partial charge in [0, 0.05) is 36.0 Å². The molecule has 1 aromatic rings. The van der Waals surface area contributed by atoms with Gasteiger partial charge >= 0.3 is 0 Å². The predicted octanol–water partition coefficient (Wildman–Crippen LogP) is 2.26. The summed E-state index contributed by atoms with van der Waals surface area (Å²) in [5.74, 6) is 0. The Kier molecular flexibility index (Phi) is 4.06. The maximum Gasteiger partial charge on any atom is 0.278 e. The Hall–Kier alpha value is -1.53. The zero-order valence-corrected chi connectivity index (χ0v) is 12.4. The number of nitro groups is 1. The van der Waals surface area contributed by atoms with Gasteiger partial charge in [0.1, 0.15) is 0 Å². The van der Waals surface area contributed by atoms with Crippen molar-refractivity contribution in [2.24, 2.45) is 0 Å². The molecule has 1 saturated heterocycles. The van der Waals surface area contributed by atoms with Crippen molar-refractivity contribution in [3.05, 3.63) is 33.1 Å². The standard InChI is InChI=1S/C14H21N3O3/c1-9-7-15-12(10(2)13(9)17(18)19)8-16-14(4)5-6-20-11(14)3/h7,11,16H,5-6,8H2,1-4H3. The monoisotopic (exact) mass is 279 g/mol. The fourth-order valence-corrected chi connectivity index (χ4v) is 2.58. The van der Waals surface area contributed by atoms with E-state index in [1.807, 2.05) is 6.92 Å². The van der Waals surface area contributed by atoms with Crippen LogP contribution in [-0.2, 0) is 11.3 Å². The van der Waals surface area contributed by atoms with Gasteiger partial charge < -0.3 is 10.1 Å². The molecule has 2 atom stereocenters. The van der Waals surface area contributed by atoms with Crippen LogP contribution in [0, 0.1) is 24.0 Å². The first-order valence-electron chi connectivity index (χ1n) is 6.81. The normalized spacial score (nSPS) is 25.9. The van der Waals surface area contributed by atoms with E-state index in [0.29, 0.717) is 17.7 Å². The Bertz CT molecular complexity index is 533. The van der Waals surface area contributed by atoms with Crippen LogP contribution in [-0.4, -0.2) is 28.2 Å². The van der Waals surface area contributed by atoms with Crippen LogP contribution in [0.1, 0.15) is 37.1 Å². The van der Waals surface area contributed by atoms with Gasteiger partial charge in [-0.1, -0.05) is 0 Å². The molecule has 6 nitrogen and oxygen atoms in total. The van der Waals surface area contributed by atoms with Gasteiger partial charge in [0.2, 0.25) is 0 Å². The lowest BCUT2D eigenvalue weighted by Crippen LogP contribution is -2.47. The number of hydrogen-bond acceptors (Lipinski definition) is 5.